The fourth-order valence-electron chi connectivity index (χ4n) is 4.96. The lowest BCUT2D eigenvalue weighted by molar-refractivity contribution is -0.116. The van der Waals surface area contributed by atoms with Crippen molar-refractivity contribution in [1.82, 2.24) is 0 Å². The number of anilines is 2. The number of carbonyl (C=O) groups excluding carboxylic acids is 1. The van der Waals surface area contributed by atoms with Crippen LogP contribution in [0.1, 0.15) is 35.4 Å². The summed E-state index contributed by atoms with van der Waals surface area (Å²) in [4.78, 5) is 13.4. The molecule has 4 aromatic rings. The van der Waals surface area contributed by atoms with Crippen molar-refractivity contribution in [2.45, 2.75) is 30.1 Å². The second kappa shape index (κ2) is 11.1. The Morgan fingerprint density at radius 1 is 0.895 bits per heavy atom. The van der Waals surface area contributed by atoms with Crippen LogP contribution in [0.4, 0.5) is 11.4 Å². The number of fused-ring (bicyclic) bond motifs is 1. The van der Waals surface area contributed by atoms with E-state index < -0.39 is 10.0 Å². The number of sulfonamides is 1. The van der Waals surface area contributed by atoms with Crippen LogP contribution in [-0.2, 0) is 21.2 Å². The molecule has 1 amide bonds. The molecule has 0 aromatic heterocycles. The highest BCUT2D eigenvalue weighted by Gasteiger charge is 2.29. The summed E-state index contributed by atoms with van der Waals surface area (Å²) in [7, 11) is -2.18. The predicted molar refractivity (Wildman–Crippen MR) is 150 cm³/mol. The van der Waals surface area contributed by atoms with E-state index in [1.807, 2.05) is 66.7 Å². The first-order chi connectivity index (χ1) is 18.5. The van der Waals surface area contributed by atoms with E-state index in [1.165, 1.54) is 4.31 Å². The molecule has 1 heterocycles. The highest BCUT2D eigenvalue weighted by molar-refractivity contribution is 7.92. The number of aryl methyl sites for hydroxylation is 1. The first-order valence-electron chi connectivity index (χ1n) is 12.6. The Kier molecular flexibility index (Phi) is 7.47. The molecule has 1 N–H and O–H groups in total. The van der Waals surface area contributed by atoms with Crippen molar-refractivity contribution in [3.05, 3.63) is 120 Å². The maximum atomic E-state index is 13.4. The zero-order valence-electron chi connectivity index (χ0n) is 21.2. The Bertz CT molecular complexity index is 1470. The smallest absolute Gasteiger partial charge is 0.264 e. The van der Waals surface area contributed by atoms with E-state index in [0.717, 1.165) is 23.1 Å². The molecule has 38 heavy (non-hydrogen) atoms. The van der Waals surface area contributed by atoms with Gasteiger partial charge < -0.3 is 10.1 Å². The fraction of sp³-hybridized carbons (Fsp3) is 0.194. The second-order valence-corrected chi connectivity index (χ2v) is 11.2. The molecular formula is C31H30N2O4S. The van der Waals surface area contributed by atoms with Crippen molar-refractivity contribution < 1.29 is 17.9 Å². The standard InChI is InChI=1S/C31H30N2O4S/c1-37-27-15-17-28(18-16-27)38(35,36)33-20-8-13-25-21-26(14-19-30(25)33)32-31(34)22-29(23-9-4-2-5-10-23)24-11-6-3-7-12-24/h2-7,9-12,14-19,21,29H,8,13,20,22H2,1H3,(H,32,34). The summed E-state index contributed by atoms with van der Waals surface area (Å²) in [6.45, 7) is 0.406. The molecule has 0 fully saturated rings. The zero-order chi connectivity index (χ0) is 26.5. The van der Waals surface area contributed by atoms with Crippen molar-refractivity contribution in [3.8, 4) is 5.75 Å². The molecule has 0 saturated heterocycles. The van der Waals surface area contributed by atoms with Crippen LogP contribution in [0.15, 0.2) is 108 Å². The van der Waals surface area contributed by atoms with E-state index in [2.05, 4.69) is 5.32 Å². The van der Waals surface area contributed by atoms with Crippen LogP contribution in [0, 0.1) is 0 Å². The predicted octanol–water partition coefficient (Wildman–Crippen LogP) is 6.00. The van der Waals surface area contributed by atoms with Crippen LogP contribution in [0.25, 0.3) is 0 Å². The molecule has 0 bridgehead atoms. The van der Waals surface area contributed by atoms with Crippen molar-refractivity contribution >= 4 is 27.3 Å². The third-order valence-electron chi connectivity index (χ3n) is 6.88. The first-order valence-corrected chi connectivity index (χ1v) is 14.1. The highest BCUT2D eigenvalue weighted by atomic mass is 32.2. The monoisotopic (exact) mass is 526 g/mol. The van der Waals surface area contributed by atoms with Gasteiger partial charge >= 0.3 is 0 Å². The van der Waals surface area contributed by atoms with Gasteiger partial charge in [-0.3, -0.25) is 9.10 Å². The number of amides is 1. The van der Waals surface area contributed by atoms with Crippen LogP contribution >= 0.6 is 0 Å². The quantitative estimate of drug-likeness (QED) is 0.306. The third kappa shape index (κ3) is 5.43. The van der Waals surface area contributed by atoms with E-state index >= 15 is 0 Å². The molecule has 7 heteroatoms. The molecule has 0 unspecified atom stereocenters. The fourth-order valence-corrected chi connectivity index (χ4v) is 6.50. The normalized spacial score (nSPS) is 13.2. The minimum atomic E-state index is -3.72. The van der Waals surface area contributed by atoms with Gasteiger partial charge in [-0.2, -0.15) is 0 Å². The summed E-state index contributed by atoms with van der Waals surface area (Å²) < 4.78 is 33.5. The second-order valence-electron chi connectivity index (χ2n) is 9.33. The van der Waals surface area contributed by atoms with Gasteiger partial charge in [0.25, 0.3) is 10.0 Å². The lowest BCUT2D eigenvalue weighted by Gasteiger charge is -2.31. The molecule has 0 aliphatic carbocycles. The number of methoxy groups -OCH3 is 1. The van der Waals surface area contributed by atoms with Crippen LogP contribution in [-0.4, -0.2) is 28.0 Å². The molecule has 1 aliphatic heterocycles. The van der Waals surface area contributed by atoms with Gasteiger partial charge in [0.1, 0.15) is 5.75 Å². The molecule has 4 aromatic carbocycles. The van der Waals surface area contributed by atoms with Gasteiger partial charge in [0.2, 0.25) is 5.91 Å². The maximum Gasteiger partial charge on any atom is 0.264 e. The maximum absolute atomic E-state index is 13.4. The molecule has 0 spiro atoms. The van der Waals surface area contributed by atoms with E-state index in [0.29, 0.717) is 36.5 Å². The number of nitrogens with one attached hydrogen (secondary N) is 1. The minimum Gasteiger partial charge on any atom is -0.497 e. The number of hydrogen-bond acceptors (Lipinski definition) is 4. The number of carbonyl (C=O) groups is 1. The van der Waals surface area contributed by atoms with E-state index in [4.69, 9.17) is 4.74 Å². The minimum absolute atomic E-state index is 0.0693. The number of rotatable bonds is 8. The van der Waals surface area contributed by atoms with Gasteiger partial charge in [-0.25, -0.2) is 8.42 Å². The third-order valence-corrected chi connectivity index (χ3v) is 8.71. The van der Waals surface area contributed by atoms with Crippen LogP contribution in [0.5, 0.6) is 5.75 Å². The zero-order valence-corrected chi connectivity index (χ0v) is 22.0. The van der Waals surface area contributed by atoms with Crippen LogP contribution < -0.4 is 14.4 Å². The van der Waals surface area contributed by atoms with Crippen molar-refractivity contribution in [3.63, 3.8) is 0 Å². The SMILES string of the molecule is COc1ccc(S(=O)(=O)N2CCCc3cc(NC(=O)CC(c4ccccc4)c4ccccc4)ccc32)cc1. The molecule has 1 aliphatic rings. The summed E-state index contributed by atoms with van der Waals surface area (Å²) in [5, 5.41) is 3.04. The Morgan fingerprint density at radius 3 is 2.13 bits per heavy atom. The van der Waals surface area contributed by atoms with Gasteiger partial charge in [-0.05, 0) is 72.0 Å². The largest absolute Gasteiger partial charge is 0.497 e. The Morgan fingerprint density at radius 2 is 1.53 bits per heavy atom. The Balaban J connectivity index is 1.35. The van der Waals surface area contributed by atoms with E-state index in [-0.39, 0.29) is 16.7 Å². The molecule has 194 valence electrons. The van der Waals surface area contributed by atoms with E-state index in [1.54, 1.807) is 43.5 Å². The van der Waals surface area contributed by atoms with Gasteiger partial charge in [-0.1, -0.05) is 60.7 Å². The number of nitrogens with zero attached hydrogens (tertiary/aromatic N) is 1. The molecule has 0 radical (unpaired) electrons. The van der Waals surface area contributed by atoms with Crippen molar-refractivity contribution in [1.29, 1.82) is 0 Å². The summed E-state index contributed by atoms with van der Waals surface area (Å²) in [6, 6.07) is 31.9. The van der Waals surface area contributed by atoms with Crippen molar-refractivity contribution in [2.24, 2.45) is 0 Å². The van der Waals surface area contributed by atoms with Gasteiger partial charge in [0.05, 0.1) is 17.7 Å². The number of benzene rings is 4. The average Bonchev–Trinajstić information content (AvgIpc) is 2.96. The lowest BCUT2D eigenvalue weighted by Crippen LogP contribution is -2.35. The highest BCUT2D eigenvalue weighted by Crippen LogP contribution is 2.35. The number of ether oxygens (including phenoxy) is 1. The van der Waals surface area contributed by atoms with Gasteiger partial charge in [0, 0.05) is 24.6 Å². The Labute approximate surface area is 223 Å². The summed E-state index contributed by atoms with van der Waals surface area (Å²) in [6.07, 6.45) is 1.73. The molecule has 6 nitrogen and oxygen atoms in total. The first kappa shape index (κ1) is 25.5. The van der Waals surface area contributed by atoms with E-state index in [9.17, 15) is 13.2 Å². The summed E-state index contributed by atoms with van der Waals surface area (Å²) in [5.41, 5.74) is 4.37. The molecule has 0 saturated carbocycles. The summed E-state index contributed by atoms with van der Waals surface area (Å²) >= 11 is 0. The van der Waals surface area contributed by atoms with Gasteiger partial charge in [-0.15, -0.1) is 0 Å². The Hall–Kier alpha value is -4.10. The van der Waals surface area contributed by atoms with Crippen molar-refractivity contribution in [2.75, 3.05) is 23.3 Å². The average molecular weight is 527 g/mol. The molecule has 0 atom stereocenters. The molecule has 5 rings (SSSR count). The van der Waals surface area contributed by atoms with Gasteiger partial charge in [0.15, 0.2) is 0 Å². The van der Waals surface area contributed by atoms with Crippen LogP contribution in [0.3, 0.4) is 0 Å². The van der Waals surface area contributed by atoms with Crippen LogP contribution in [0.2, 0.25) is 0 Å². The number of hydrogen-bond donors (Lipinski definition) is 1. The lowest BCUT2D eigenvalue weighted by atomic mass is 9.88. The summed E-state index contributed by atoms with van der Waals surface area (Å²) in [5.74, 6) is 0.437. The topological polar surface area (TPSA) is 75.7 Å². The molecular weight excluding hydrogens is 496 g/mol.